The molecule has 0 bridgehead atoms. The number of fused-ring (bicyclic) bond motifs is 1. The first-order chi connectivity index (χ1) is 13.6. The van der Waals surface area contributed by atoms with Gasteiger partial charge in [0.15, 0.2) is 5.78 Å². The fourth-order valence-corrected chi connectivity index (χ4v) is 5.32. The minimum Gasteiger partial charge on any atom is -0.379 e. The lowest BCUT2D eigenvalue weighted by Gasteiger charge is -2.47. The predicted molar refractivity (Wildman–Crippen MR) is 108 cm³/mol. The number of thioether (sulfide) groups is 1. The molecule has 28 heavy (non-hydrogen) atoms. The number of rotatable bonds is 5. The molecule has 0 amide bonds. The Balaban J connectivity index is 1.72. The van der Waals surface area contributed by atoms with Crippen LogP contribution in [-0.4, -0.2) is 43.0 Å². The average molecular weight is 399 g/mol. The van der Waals surface area contributed by atoms with Gasteiger partial charge in [0.05, 0.1) is 30.8 Å². The van der Waals surface area contributed by atoms with E-state index < -0.39 is 5.54 Å². The van der Waals surface area contributed by atoms with E-state index in [1.807, 2.05) is 24.3 Å². The fraction of sp³-hybridized carbons (Fsp3) is 0.364. The Morgan fingerprint density at radius 2 is 2.00 bits per heavy atom. The first-order valence-electron chi connectivity index (χ1n) is 9.29. The Labute approximate surface area is 168 Å². The van der Waals surface area contributed by atoms with E-state index in [4.69, 9.17) is 14.5 Å². The maximum Gasteiger partial charge on any atom is 0.169 e. The topological polar surface area (TPSA) is 47.9 Å². The summed E-state index contributed by atoms with van der Waals surface area (Å²) in [5, 5.41) is 0.716. The minimum absolute atomic E-state index is 0.00834. The zero-order valence-corrected chi connectivity index (χ0v) is 16.5. The van der Waals surface area contributed by atoms with Gasteiger partial charge in [-0.15, -0.1) is 11.8 Å². The van der Waals surface area contributed by atoms with E-state index in [2.05, 4.69) is 0 Å². The number of Topliss-reactive ketones (excluding diaryl/α,β-unsaturated/α-hetero) is 1. The van der Waals surface area contributed by atoms with E-state index in [1.165, 1.54) is 6.07 Å². The highest BCUT2D eigenvalue weighted by Gasteiger charge is 2.51. The van der Waals surface area contributed by atoms with E-state index in [0.29, 0.717) is 28.5 Å². The maximum absolute atomic E-state index is 14.8. The number of carbonyl (C=O) groups is 1. The lowest BCUT2D eigenvalue weighted by Crippen LogP contribution is -2.54. The molecule has 0 radical (unpaired) electrons. The van der Waals surface area contributed by atoms with Gasteiger partial charge in [-0.25, -0.2) is 4.39 Å². The summed E-state index contributed by atoms with van der Waals surface area (Å²) in [6.07, 6.45) is 0.0332. The van der Waals surface area contributed by atoms with Gasteiger partial charge >= 0.3 is 0 Å². The third-order valence-corrected chi connectivity index (χ3v) is 6.57. The second-order valence-electron chi connectivity index (χ2n) is 7.08. The van der Waals surface area contributed by atoms with Crippen LogP contribution in [0.25, 0.3) is 0 Å². The van der Waals surface area contributed by atoms with E-state index in [9.17, 15) is 9.18 Å². The lowest BCUT2D eigenvalue weighted by atomic mass is 9.75. The summed E-state index contributed by atoms with van der Waals surface area (Å²) >= 11 is 1.56. The summed E-state index contributed by atoms with van der Waals surface area (Å²) in [7, 11) is 1.65. The molecule has 0 aromatic heterocycles. The smallest absolute Gasteiger partial charge is 0.169 e. The van der Waals surface area contributed by atoms with Crippen LogP contribution in [0.4, 0.5) is 4.39 Å². The van der Waals surface area contributed by atoms with Gasteiger partial charge in [-0.1, -0.05) is 48.5 Å². The molecule has 2 aromatic carbocycles. The molecular weight excluding hydrogens is 377 g/mol. The van der Waals surface area contributed by atoms with Crippen molar-refractivity contribution in [1.29, 1.82) is 0 Å². The molecule has 2 heterocycles. The second kappa shape index (κ2) is 8.15. The quantitative estimate of drug-likeness (QED) is 0.711. The molecule has 0 saturated carbocycles. The number of hydrogen-bond acceptors (Lipinski definition) is 5. The van der Waals surface area contributed by atoms with Crippen LogP contribution in [-0.2, 0) is 15.0 Å². The molecule has 0 N–H and O–H groups in total. The molecule has 4 nitrogen and oxygen atoms in total. The molecule has 6 heteroatoms. The van der Waals surface area contributed by atoms with Crippen LogP contribution in [0.15, 0.2) is 59.6 Å². The van der Waals surface area contributed by atoms with Crippen LogP contribution in [0.5, 0.6) is 0 Å². The first-order valence-corrected chi connectivity index (χ1v) is 10.3. The lowest BCUT2D eigenvalue weighted by molar-refractivity contribution is -0.102. The van der Waals surface area contributed by atoms with Crippen molar-refractivity contribution in [3.63, 3.8) is 0 Å². The SMILES string of the molecule is CO[C@H]1COC[C@]2(c3ccccc3F)N=C(CC(=O)c3ccccc3)SC[C@H]12. The van der Waals surface area contributed by atoms with Gasteiger partial charge in [0.25, 0.3) is 0 Å². The zero-order valence-electron chi connectivity index (χ0n) is 15.6. The third-order valence-electron chi connectivity index (χ3n) is 5.47. The van der Waals surface area contributed by atoms with Gasteiger partial charge in [-0.3, -0.25) is 9.79 Å². The molecule has 2 aromatic rings. The van der Waals surface area contributed by atoms with Gasteiger partial charge in [0.2, 0.25) is 0 Å². The largest absolute Gasteiger partial charge is 0.379 e. The Bertz CT molecular complexity index is 888. The first kappa shape index (κ1) is 19.3. The summed E-state index contributed by atoms with van der Waals surface area (Å²) in [4.78, 5) is 17.6. The second-order valence-corrected chi connectivity index (χ2v) is 8.18. The van der Waals surface area contributed by atoms with Crippen molar-refractivity contribution >= 4 is 22.6 Å². The van der Waals surface area contributed by atoms with Gasteiger partial charge in [-0.05, 0) is 6.07 Å². The molecular formula is C22H22FNO3S. The minimum atomic E-state index is -0.873. The molecule has 2 aliphatic heterocycles. The molecule has 0 aliphatic carbocycles. The van der Waals surface area contributed by atoms with Crippen LogP contribution >= 0.6 is 11.8 Å². The van der Waals surface area contributed by atoms with Crippen molar-refractivity contribution in [3.8, 4) is 0 Å². The number of nitrogens with zero attached hydrogens (tertiary/aromatic N) is 1. The van der Waals surface area contributed by atoms with Crippen LogP contribution in [0.3, 0.4) is 0 Å². The molecule has 1 saturated heterocycles. The van der Waals surface area contributed by atoms with E-state index >= 15 is 0 Å². The van der Waals surface area contributed by atoms with E-state index in [0.717, 1.165) is 0 Å². The highest BCUT2D eigenvalue weighted by atomic mass is 32.2. The van der Waals surface area contributed by atoms with E-state index in [1.54, 1.807) is 43.1 Å². The Morgan fingerprint density at radius 3 is 2.75 bits per heavy atom. The highest BCUT2D eigenvalue weighted by Crippen LogP contribution is 2.46. The third kappa shape index (κ3) is 3.52. The molecule has 146 valence electrons. The number of carbonyl (C=O) groups excluding carboxylic acids is 1. The van der Waals surface area contributed by atoms with Crippen molar-refractivity contribution in [2.24, 2.45) is 10.9 Å². The molecule has 0 unspecified atom stereocenters. The van der Waals surface area contributed by atoms with Crippen molar-refractivity contribution in [2.75, 3.05) is 26.1 Å². The van der Waals surface area contributed by atoms with E-state index in [-0.39, 0.29) is 36.7 Å². The highest BCUT2D eigenvalue weighted by molar-refractivity contribution is 8.14. The summed E-state index contributed by atoms with van der Waals surface area (Å²) in [6.45, 7) is 0.744. The predicted octanol–water partition coefficient (Wildman–Crippen LogP) is 4.10. The molecule has 4 rings (SSSR count). The summed E-state index contributed by atoms with van der Waals surface area (Å²) in [5.41, 5.74) is 0.288. The summed E-state index contributed by atoms with van der Waals surface area (Å²) < 4.78 is 26.2. The van der Waals surface area contributed by atoms with Crippen LogP contribution < -0.4 is 0 Å². The van der Waals surface area contributed by atoms with Crippen LogP contribution in [0.2, 0.25) is 0 Å². The normalized spacial score (nSPS) is 27.0. The number of hydrogen-bond donors (Lipinski definition) is 0. The number of methoxy groups -OCH3 is 1. The fourth-order valence-electron chi connectivity index (χ4n) is 4.00. The Kier molecular flexibility index (Phi) is 5.62. The Morgan fingerprint density at radius 1 is 1.25 bits per heavy atom. The monoisotopic (exact) mass is 399 g/mol. The van der Waals surface area contributed by atoms with Crippen LogP contribution in [0, 0.1) is 11.7 Å². The number of halogens is 1. The number of ketones is 1. The van der Waals surface area contributed by atoms with Gasteiger partial charge < -0.3 is 9.47 Å². The molecule has 1 fully saturated rings. The number of benzene rings is 2. The zero-order chi connectivity index (χ0) is 19.6. The van der Waals surface area contributed by atoms with Crippen molar-refractivity contribution < 1.29 is 18.7 Å². The molecule has 2 aliphatic rings. The molecule has 3 atom stereocenters. The van der Waals surface area contributed by atoms with Gasteiger partial charge in [-0.2, -0.15) is 0 Å². The van der Waals surface area contributed by atoms with Crippen molar-refractivity contribution in [1.82, 2.24) is 0 Å². The van der Waals surface area contributed by atoms with Gasteiger partial charge in [0.1, 0.15) is 11.4 Å². The van der Waals surface area contributed by atoms with Crippen molar-refractivity contribution in [2.45, 2.75) is 18.1 Å². The summed E-state index contributed by atoms with van der Waals surface area (Å²) in [5.74, 6) is 0.381. The maximum atomic E-state index is 14.8. The number of ether oxygens (including phenoxy) is 2. The standard InChI is InChI=1S/C22H22FNO3S/c1-26-20-12-27-14-22(16-9-5-6-10-18(16)23)17(20)13-28-21(24-22)11-19(25)15-7-3-2-4-8-15/h2-10,17,20H,11-14H2,1H3/t17-,20+,22-/m1/s1. The van der Waals surface area contributed by atoms with Crippen molar-refractivity contribution in [3.05, 3.63) is 71.5 Å². The average Bonchev–Trinajstić information content (AvgIpc) is 2.73. The van der Waals surface area contributed by atoms with Gasteiger partial charge in [0, 0.05) is 29.9 Å². The number of aliphatic imine (C=N–C) groups is 1. The Hall–Kier alpha value is -2.02. The molecule has 0 spiro atoms. The van der Waals surface area contributed by atoms with Crippen LogP contribution in [0.1, 0.15) is 22.3 Å². The summed E-state index contributed by atoms with van der Waals surface area (Å²) in [6, 6.07) is 15.9.